The van der Waals surface area contributed by atoms with E-state index in [-0.39, 0.29) is 69.9 Å². The van der Waals surface area contributed by atoms with Crippen molar-refractivity contribution in [3.8, 4) is 0 Å². The van der Waals surface area contributed by atoms with Gasteiger partial charge < -0.3 is 88.9 Å². The quantitative estimate of drug-likeness (QED) is 0.0508. The number of ketones is 1. The van der Waals surface area contributed by atoms with E-state index in [1.165, 1.54) is 19.1 Å². The molecule has 1 aliphatic carbocycles. The molecule has 0 aromatic heterocycles. The summed E-state index contributed by atoms with van der Waals surface area (Å²) in [5.41, 5.74) is 5.39. The lowest BCUT2D eigenvalue weighted by molar-refractivity contribution is -0.147. The molecule has 0 aromatic carbocycles. The lowest BCUT2D eigenvalue weighted by Crippen LogP contribution is -2.65. The van der Waals surface area contributed by atoms with Crippen molar-refractivity contribution in [2.75, 3.05) is 45.8 Å². The van der Waals surface area contributed by atoms with Crippen molar-refractivity contribution < 1.29 is 83.1 Å². The molecule has 4 aliphatic rings. The molecule has 81 heavy (non-hydrogen) atoms. The first-order valence-corrected chi connectivity index (χ1v) is 27.8. The van der Waals surface area contributed by atoms with Gasteiger partial charge in [0.1, 0.15) is 48.4 Å². The zero-order valence-electron chi connectivity index (χ0n) is 46.6. The van der Waals surface area contributed by atoms with Crippen molar-refractivity contribution in [3.63, 3.8) is 0 Å². The first-order chi connectivity index (χ1) is 38.3. The number of amides is 11. The van der Waals surface area contributed by atoms with Gasteiger partial charge in [-0.2, -0.15) is 0 Å². The summed E-state index contributed by atoms with van der Waals surface area (Å²) in [5.74, 6) is -11.2. The largest absolute Gasteiger partial charge is 0.391 e. The fraction of sp³-hybridized carbons (Fsp3) is 0.731. The predicted molar refractivity (Wildman–Crippen MR) is 286 cm³/mol. The molecule has 454 valence electrons. The van der Waals surface area contributed by atoms with E-state index in [0.29, 0.717) is 19.3 Å². The van der Waals surface area contributed by atoms with E-state index in [0.717, 1.165) is 9.80 Å². The molecule has 3 heterocycles. The van der Waals surface area contributed by atoms with Crippen LogP contribution >= 0.6 is 0 Å². The lowest BCUT2D eigenvalue weighted by Gasteiger charge is -2.35. The Labute approximate surface area is 469 Å². The first-order valence-electron chi connectivity index (χ1n) is 27.8. The van der Waals surface area contributed by atoms with Crippen molar-refractivity contribution >= 4 is 70.8 Å². The van der Waals surface area contributed by atoms with Gasteiger partial charge in [-0.3, -0.25) is 57.5 Å². The second-order valence-corrected chi connectivity index (χ2v) is 21.3. The topological polar surface area (TPSA) is 447 Å². The third-order valence-corrected chi connectivity index (χ3v) is 15.2. The van der Waals surface area contributed by atoms with Crippen LogP contribution in [0.3, 0.4) is 0 Å². The third-order valence-electron chi connectivity index (χ3n) is 15.2. The number of carbonyl (C=O) groups is 12. The van der Waals surface area contributed by atoms with Crippen molar-refractivity contribution in [2.24, 2.45) is 23.5 Å². The summed E-state index contributed by atoms with van der Waals surface area (Å²) in [5, 5.41) is 78.9. The van der Waals surface area contributed by atoms with E-state index in [2.05, 4.69) is 47.9 Å². The Morgan fingerprint density at radius 3 is 1.88 bits per heavy atom. The summed E-state index contributed by atoms with van der Waals surface area (Å²) in [4.78, 5) is 163. The van der Waals surface area contributed by atoms with Crippen molar-refractivity contribution in [2.45, 2.75) is 178 Å². The molecule has 3 saturated heterocycles. The zero-order chi connectivity index (χ0) is 60.2. The minimum atomic E-state index is -2.22. The van der Waals surface area contributed by atoms with Crippen LogP contribution in [0.15, 0.2) is 12.2 Å². The van der Waals surface area contributed by atoms with Crippen LogP contribution in [0.4, 0.5) is 0 Å². The Bertz CT molecular complexity index is 2310. The minimum absolute atomic E-state index is 0.0162. The molecule has 0 saturated carbocycles. The highest BCUT2D eigenvalue weighted by molar-refractivity contribution is 5.98. The number of aliphatic hydroxyl groups excluding tert-OH is 5. The highest BCUT2D eigenvalue weighted by Crippen LogP contribution is 2.26. The fourth-order valence-electron chi connectivity index (χ4n) is 9.92. The molecule has 4 rings (SSSR count). The number of hydrogen-bond acceptors (Lipinski definition) is 18. The Balaban J connectivity index is 1.57. The summed E-state index contributed by atoms with van der Waals surface area (Å²) in [6.07, 6.45) is -5.52. The summed E-state index contributed by atoms with van der Waals surface area (Å²) >= 11 is 0. The van der Waals surface area contributed by atoms with E-state index in [4.69, 9.17) is 5.73 Å². The van der Waals surface area contributed by atoms with Crippen LogP contribution in [-0.2, 0) is 57.5 Å². The Hall–Kier alpha value is -6.66. The molecule has 29 nitrogen and oxygen atoms in total. The molecule has 15 unspecified atom stereocenters. The van der Waals surface area contributed by atoms with E-state index in [1.807, 2.05) is 6.92 Å². The van der Waals surface area contributed by atoms with Gasteiger partial charge >= 0.3 is 0 Å². The van der Waals surface area contributed by atoms with Crippen LogP contribution in [0.1, 0.15) is 105 Å². The minimum Gasteiger partial charge on any atom is -0.391 e. The van der Waals surface area contributed by atoms with Gasteiger partial charge in [-0.1, -0.05) is 46.6 Å². The van der Waals surface area contributed by atoms with E-state index in [9.17, 15) is 83.1 Å². The van der Waals surface area contributed by atoms with E-state index < -0.39 is 189 Å². The summed E-state index contributed by atoms with van der Waals surface area (Å²) in [6.45, 7) is 5.81. The van der Waals surface area contributed by atoms with E-state index in [1.54, 1.807) is 20.8 Å². The second kappa shape index (κ2) is 32.1. The molecular weight excluding hydrogens is 1060 g/mol. The Morgan fingerprint density at radius 2 is 1.28 bits per heavy atom. The van der Waals surface area contributed by atoms with Gasteiger partial charge in [0.15, 0.2) is 5.78 Å². The van der Waals surface area contributed by atoms with Gasteiger partial charge in [-0.25, -0.2) is 0 Å². The highest BCUT2D eigenvalue weighted by atomic mass is 16.3. The molecule has 0 bridgehead atoms. The molecular formula is C52H84N12O17. The fourth-order valence-corrected chi connectivity index (χ4v) is 9.92. The number of allylic oxidation sites excluding steroid dienone is 1. The van der Waals surface area contributed by atoms with Crippen molar-refractivity contribution in [3.05, 3.63) is 12.2 Å². The van der Waals surface area contributed by atoms with Crippen LogP contribution in [-0.4, -0.2) is 225 Å². The maximum absolute atomic E-state index is 14.7. The van der Waals surface area contributed by atoms with Gasteiger partial charge in [-0.05, 0) is 63.4 Å². The standard InChI is InChI=1S/C52H84N12O17/c1-6-26(3)39(59-36(70)22-53)48(77)57-24-38(72)60-40(27(4)7-2)49(78)56-23-37(71)54-19-17-34(68)42-52(81)63-20-10-11-32(63)46(75)55-18-9-8-12-35(69)58-41(28(5)65)51(80)64-25-31(67)21-33(64)47(76)62-43(50(79)61-42)45(74)44(73)29-13-15-30(66)16-14-29/h13,15,26-29,31-34,39-45,65,67-68,73-74H,6-12,14,16-25,53H2,1-5H3,(H,54,71)(H,55,75)(H,56,78)(H,57,77)(H,58,69)(H,59,70)(H,60,72)(H,61,79)(H,62,76). The summed E-state index contributed by atoms with van der Waals surface area (Å²) < 4.78 is 0. The number of rotatable bonds is 21. The molecule has 3 fully saturated rings. The second-order valence-electron chi connectivity index (χ2n) is 21.3. The van der Waals surface area contributed by atoms with Gasteiger partial charge in [0, 0.05) is 51.4 Å². The number of fused-ring (bicyclic) bond motifs is 2. The molecule has 3 aliphatic heterocycles. The highest BCUT2D eigenvalue weighted by Gasteiger charge is 2.47. The van der Waals surface area contributed by atoms with Crippen LogP contribution in [0.2, 0.25) is 0 Å². The normalized spacial score (nSPS) is 26.5. The smallest absolute Gasteiger partial charge is 0.248 e. The molecule has 15 atom stereocenters. The maximum atomic E-state index is 14.7. The van der Waals surface area contributed by atoms with Gasteiger partial charge in [0.25, 0.3) is 0 Å². The van der Waals surface area contributed by atoms with Crippen LogP contribution in [0.25, 0.3) is 0 Å². The van der Waals surface area contributed by atoms with Crippen LogP contribution in [0.5, 0.6) is 0 Å². The van der Waals surface area contributed by atoms with Crippen LogP contribution < -0.4 is 53.6 Å². The summed E-state index contributed by atoms with van der Waals surface area (Å²) in [6, 6.07) is -10.6. The van der Waals surface area contributed by atoms with Gasteiger partial charge in [0.05, 0.1) is 44.1 Å². The number of nitrogens with one attached hydrogen (secondary N) is 9. The molecule has 0 spiro atoms. The summed E-state index contributed by atoms with van der Waals surface area (Å²) in [7, 11) is 0. The Kier molecular flexibility index (Phi) is 26.5. The third kappa shape index (κ3) is 19.2. The number of nitrogens with zero attached hydrogens (tertiary/aromatic N) is 2. The SMILES string of the molecule is CCC(C)C(NC(=O)CN)C(=O)NCC(=O)NC(C(=O)NCC(=O)NCCC(O)C1NC(=O)C(C(O)C(O)C2C=CC(=O)CC2)NC(=O)C2CC(O)CN2C(=O)C(C(C)O)NC(=O)CCCCNC(=O)C2CCCN2C1=O)C(C)CC. The van der Waals surface area contributed by atoms with Crippen molar-refractivity contribution in [1.29, 1.82) is 0 Å². The Morgan fingerprint density at radius 1 is 0.679 bits per heavy atom. The van der Waals surface area contributed by atoms with Gasteiger partial charge in [-0.15, -0.1) is 0 Å². The number of hydrogen-bond donors (Lipinski definition) is 15. The lowest BCUT2D eigenvalue weighted by atomic mass is 9.85. The number of nitrogens with two attached hydrogens (primary N) is 1. The molecule has 0 aromatic rings. The average molecular weight is 1150 g/mol. The number of carbonyl (C=O) groups excluding carboxylic acids is 12. The van der Waals surface area contributed by atoms with Crippen molar-refractivity contribution in [1.82, 2.24) is 57.7 Å². The van der Waals surface area contributed by atoms with E-state index >= 15 is 0 Å². The monoisotopic (exact) mass is 1150 g/mol. The first kappa shape index (κ1) is 66.8. The predicted octanol–water partition coefficient (Wildman–Crippen LogP) is -6.55. The molecule has 11 amide bonds. The molecule has 0 radical (unpaired) electrons. The van der Waals surface area contributed by atoms with Crippen LogP contribution in [0, 0.1) is 17.8 Å². The average Bonchev–Trinajstić information content (AvgIpc) is 4.20. The molecule has 16 N–H and O–H groups in total. The maximum Gasteiger partial charge on any atom is 0.248 e. The molecule has 29 heteroatoms. The van der Waals surface area contributed by atoms with Gasteiger partial charge in [0.2, 0.25) is 65.0 Å². The number of aliphatic hydroxyl groups is 5. The zero-order valence-corrected chi connectivity index (χ0v) is 46.6.